The van der Waals surface area contributed by atoms with Crippen LogP contribution in [0, 0.1) is 17.8 Å². The van der Waals surface area contributed by atoms with Gasteiger partial charge in [-0.05, 0) is 12.3 Å². The van der Waals surface area contributed by atoms with Crippen LogP contribution in [-0.2, 0) is 9.53 Å². The van der Waals surface area contributed by atoms with Crippen molar-refractivity contribution in [2.45, 2.75) is 25.7 Å². The van der Waals surface area contributed by atoms with Crippen molar-refractivity contribution < 1.29 is 24.9 Å². The second-order valence-electron chi connectivity index (χ2n) is 4.25. The highest BCUT2D eigenvalue weighted by Gasteiger charge is 2.49. The number of hydrogen-bond acceptors (Lipinski definition) is 4. The number of ether oxygens (including phenoxy) is 1. The van der Waals surface area contributed by atoms with Gasteiger partial charge in [0.1, 0.15) is 0 Å². The normalized spacial score (nSPS) is 44.2. The van der Waals surface area contributed by atoms with E-state index in [0.29, 0.717) is 6.42 Å². The number of carbonyl (C=O) groups is 1. The van der Waals surface area contributed by atoms with Gasteiger partial charge in [0.05, 0.1) is 17.9 Å². The van der Waals surface area contributed by atoms with Crippen molar-refractivity contribution in [3.05, 3.63) is 11.8 Å². The van der Waals surface area contributed by atoms with Crippen molar-refractivity contribution >= 4 is 5.97 Å². The maximum atomic E-state index is 10.9. The Labute approximate surface area is 87.0 Å². The molecule has 0 aromatic heterocycles. The van der Waals surface area contributed by atoms with Crippen LogP contribution in [0.15, 0.2) is 11.8 Å². The number of aliphatic hydroxyl groups is 2. The molecule has 0 unspecified atom stereocenters. The Kier molecular flexibility index (Phi) is 2.44. The molecule has 1 aliphatic heterocycles. The predicted molar refractivity (Wildman–Crippen MR) is 49.6 cm³/mol. The van der Waals surface area contributed by atoms with Crippen LogP contribution in [0.4, 0.5) is 0 Å². The summed E-state index contributed by atoms with van der Waals surface area (Å²) in [6.07, 6.45) is -0.104. The summed E-state index contributed by atoms with van der Waals surface area (Å²) in [6.45, 7) is 1.80. The number of rotatable bonds is 1. The fraction of sp³-hybridized carbons (Fsp3) is 0.700. The first-order chi connectivity index (χ1) is 7.02. The lowest BCUT2D eigenvalue weighted by Crippen LogP contribution is -2.36. The number of fused-ring (bicyclic) bond motifs is 1. The molecule has 15 heavy (non-hydrogen) atoms. The zero-order valence-electron chi connectivity index (χ0n) is 8.33. The van der Waals surface area contributed by atoms with E-state index in [9.17, 15) is 15.0 Å². The van der Waals surface area contributed by atoms with Gasteiger partial charge in [0.15, 0.2) is 6.29 Å². The Balaban J connectivity index is 2.31. The Morgan fingerprint density at radius 3 is 2.80 bits per heavy atom. The van der Waals surface area contributed by atoms with Crippen LogP contribution in [0.3, 0.4) is 0 Å². The Morgan fingerprint density at radius 1 is 1.53 bits per heavy atom. The molecule has 1 aliphatic carbocycles. The van der Waals surface area contributed by atoms with E-state index in [1.54, 1.807) is 6.92 Å². The summed E-state index contributed by atoms with van der Waals surface area (Å²) in [5.41, 5.74) is 0.147. The zero-order chi connectivity index (χ0) is 11.2. The number of aliphatic hydroxyl groups excluding tert-OH is 2. The second kappa shape index (κ2) is 3.50. The molecule has 1 heterocycles. The van der Waals surface area contributed by atoms with E-state index in [4.69, 9.17) is 9.84 Å². The van der Waals surface area contributed by atoms with Crippen molar-refractivity contribution in [2.75, 3.05) is 0 Å². The largest absolute Gasteiger partial charge is 0.478 e. The molecule has 2 rings (SSSR count). The van der Waals surface area contributed by atoms with Crippen LogP contribution in [0.25, 0.3) is 0 Å². The number of carboxylic acids is 1. The van der Waals surface area contributed by atoms with Gasteiger partial charge in [-0.1, -0.05) is 6.92 Å². The van der Waals surface area contributed by atoms with Crippen molar-refractivity contribution in [1.82, 2.24) is 0 Å². The first-order valence-corrected chi connectivity index (χ1v) is 4.97. The highest BCUT2D eigenvalue weighted by molar-refractivity contribution is 5.87. The highest BCUT2D eigenvalue weighted by Crippen LogP contribution is 2.45. The maximum absolute atomic E-state index is 10.9. The Hall–Kier alpha value is -1.07. The third-order valence-electron chi connectivity index (χ3n) is 3.48. The van der Waals surface area contributed by atoms with Gasteiger partial charge >= 0.3 is 5.97 Å². The van der Waals surface area contributed by atoms with Gasteiger partial charge in [-0.15, -0.1) is 0 Å². The first-order valence-electron chi connectivity index (χ1n) is 4.97. The van der Waals surface area contributed by atoms with E-state index in [1.165, 1.54) is 0 Å². The third-order valence-corrected chi connectivity index (χ3v) is 3.48. The van der Waals surface area contributed by atoms with Gasteiger partial charge in [0.25, 0.3) is 0 Å². The van der Waals surface area contributed by atoms with Gasteiger partial charge in [0.2, 0.25) is 0 Å². The Morgan fingerprint density at radius 2 is 2.20 bits per heavy atom. The molecule has 5 heteroatoms. The zero-order valence-corrected chi connectivity index (χ0v) is 8.33. The molecule has 1 fully saturated rings. The van der Waals surface area contributed by atoms with E-state index >= 15 is 0 Å². The lowest BCUT2D eigenvalue weighted by molar-refractivity contribution is -0.142. The molecule has 0 aromatic rings. The van der Waals surface area contributed by atoms with Crippen LogP contribution >= 0.6 is 0 Å². The molecule has 0 saturated heterocycles. The van der Waals surface area contributed by atoms with Crippen LogP contribution < -0.4 is 0 Å². The number of aliphatic carboxylic acids is 1. The SMILES string of the molecule is C[C@H]1[C@H]2[C@H](O)OC=C(C(=O)O)[C@H]2C[C@@H]1O. The quantitative estimate of drug-likeness (QED) is 0.569. The standard InChI is InChI=1S/C10H14O5/c1-4-7(11)2-5-6(9(12)13)3-15-10(14)8(4)5/h3-5,7-8,10-11,14H,2H2,1H3,(H,12,13)/t4-,5-,7+,8-,10-/m1/s1. The molecule has 5 atom stereocenters. The Bertz CT molecular complexity index is 311. The van der Waals surface area contributed by atoms with Crippen LogP contribution in [0.1, 0.15) is 13.3 Å². The summed E-state index contributed by atoms with van der Waals surface area (Å²) in [7, 11) is 0. The minimum Gasteiger partial charge on any atom is -0.478 e. The summed E-state index contributed by atoms with van der Waals surface area (Å²) in [4.78, 5) is 10.9. The van der Waals surface area contributed by atoms with Crippen molar-refractivity contribution in [1.29, 1.82) is 0 Å². The molecule has 1 saturated carbocycles. The molecule has 0 spiro atoms. The first kappa shape index (κ1) is 10.4. The molecule has 84 valence electrons. The molecule has 0 aromatic carbocycles. The minimum absolute atomic E-state index is 0.145. The molecule has 0 radical (unpaired) electrons. The van der Waals surface area contributed by atoms with Gasteiger partial charge in [-0.25, -0.2) is 4.79 Å². The smallest absolute Gasteiger partial charge is 0.334 e. The minimum atomic E-state index is -1.04. The van der Waals surface area contributed by atoms with E-state index in [2.05, 4.69) is 0 Å². The number of carboxylic acid groups (broad SMARTS) is 1. The summed E-state index contributed by atoms with van der Waals surface area (Å²) in [5.74, 6) is -1.82. The lowest BCUT2D eigenvalue weighted by atomic mass is 9.83. The highest BCUT2D eigenvalue weighted by atomic mass is 16.6. The van der Waals surface area contributed by atoms with E-state index in [0.717, 1.165) is 6.26 Å². The fourth-order valence-corrected chi connectivity index (χ4v) is 2.58. The van der Waals surface area contributed by atoms with Gasteiger partial charge in [-0.3, -0.25) is 0 Å². The van der Waals surface area contributed by atoms with Gasteiger partial charge in [-0.2, -0.15) is 0 Å². The molecular formula is C10H14O5. The van der Waals surface area contributed by atoms with Crippen molar-refractivity contribution in [2.24, 2.45) is 17.8 Å². The van der Waals surface area contributed by atoms with Crippen LogP contribution in [-0.4, -0.2) is 33.7 Å². The third kappa shape index (κ3) is 1.52. The average Bonchev–Trinajstić information content (AvgIpc) is 2.44. The monoisotopic (exact) mass is 214 g/mol. The molecular weight excluding hydrogens is 200 g/mol. The summed E-state index contributed by atoms with van der Waals surface area (Å²) in [5, 5.41) is 28.2. The van der Waals surface area contributed by atoms with Gasteiger partial charge < -0.3 is 20.1 Å². The van der Waals surface area contributed by atoms with E-state index in [1.807, 2.05) is 0 Å². The van der Waals surface area contributed by atoms with E-state index in [-0.39, 0.29) is 23.3 Å². The predicted octanol–water partition coefficient (Wildman–Crippen LogP) is -0.0634. The van der Waals surface area contributed by atoms with Crippen LogP contribution in [0.2, 0.25) is 0 Å². The lowest BCUT2D eigenvalue weighted by Gasteiger charge is -2.31. The molecule has 5 nitrogen and oxygen atoms in total. The fourth-order valence-electron chi connectivity index (χ4n) is 2.58. The van der Waals surface area contributed by atoms with Crippen molar-refractivity contribution in [3.8, 4) is 0 Å². The molecule has 0 bridgehead atoms. The van der Waals surface area contributed by atoms with E-state index < -0.39 is 18.4 Å². The molecule has 2 aliphatic rings. The summed E-state index contributed by atoms with van der Waals surface area (Å²) >= 11 is 0. The average molecular weight is 214 g/mol. The van der Waals surface area contributed by atoms with Crippen molar-refractivity contribution in [3.63, 3.8) is 0 Å². The van der Waals surface area contributed by atoms with Crippen LogP contribution in [0.5, 0.6) is 0 Å². The summed E-state index contributed by atoms with van der Waals surface area (Å²) in [6, 6.07) is 0. The number of hydrogen-bond donors (Lipinski definition) is 3. The maximum Gasteiger partial charge on any atom is 0.334 e. The molecule has 0 amide bonds. The second-order valence-corrected chi connectivity index (χ2v) is 4.25. The molecule has 3 N–H and O–H groups in total. The topological polar surface area (TPSA) is 87.0 Å². The van der Waals surface area contributed by atoms with Gasteiger partial charge in [0, 0.05) is 11.8 Å². The summed E-state index contributed by atoms with van der Waals surface area (Å²) < 4.78 is 4.89.